The number of piperidine rings is 1. The van der Waals surface area contributed by atoms with Crippen molar-refractivity contribution in [2.45, 2.75) is 39.5 Å². The number of carbonyl (C=O) groups excluding carboxylic acids is 2. The lowest BCUT2D eigenvalue weighted by atomic mass is 9.93. The van der Waals surface area contributed by atoms with E-state index in [0.29, 0.717) is 23.6 Å². The number of benzene rings is 1. The maximum atomic E-state index is 12.7. The number of carbonyl (C=O) groups is 2. The molecule has 1 N–H and O–H groups in total. The van der Waals surface area contributed by atoms with Crippen LogP contribution in [0.4, 0.5) is 0 Å². The van der Waals surface area contributed by atoms with Gasteiger partial charge in [-0.25, -0.2) is 0 Å². The molecule has 1 aromatic carbocycles. The Morgan fingerprint density at radius 1 is 1.12 bits per heavy atom. The molecule has 0 aromatic heterocycles. The van der Waals surface area contributed by atoms with E-state index >= 15 is 0 Å². The van der Waals surface area contributed by atoms with Crippen LogP contribution >= 0.6 is 0 Å². The van der Waals surface area contributed by atoms with Crippen LogP contribution in [0.25, 0.3) is 0 Å². The molecule has 1 aliphatic rings. The Morgan fingerprint density at radius 2 is 1.73 bits per heavy atom. The van der Waals surface area contributed by atoms with Crippen LogP contribution in [0.15, 0.2) is 24.3 Å². The molecule has 0 aliphatic carbocycles. The summed E-state index contributed by atoms with van der Waals surface area (Å²) in [5.41, 5.74) is 1.33. The highest BCUT2D eigenvalue weighted by Crippen LogP contribution is 2.21. The maximum Gasteiger partial charge on any atom is 0.253 e. The van der Waals surface area contributed by atoms with Crippen LogP contribution in [0.1, 0.15) is 60.2 Å². The average Bonchev–Trinajstić information content (AvgIpc) is 2.70. The molecule has 1 fully saturated rings. The smallest absolute Gasteiger partial charge is 0.253 e. The van der Waals surface area contributed by atoms with Crippen molar-refractivity contribution in [3.8, 4) is 0 Å². The van der Waals surface area contributed by atoms with Crippen molar-refractivity contribution in [1.82, 2.24) is 15.1 Å². The van der Waals surface area contributed by atoms with E-state index < -0.39 is 0 Å². The lowest BCUT2D eigenvalue weighted by Crippen LogP contribution is -2.39. The van der Waals surface area contributed by atoms with Crippen molar-refractivity contribution in [2.24, 2.45) is 5.92 Å². The van der Waals surface area contributed by atoms with Gasteiger partial charge in [0.1, 0.15) is 0 Å². The lowest BCUT2D eigenvalue weighted by molar-refractivity contribution is 0.0685. The standard InChI is InChI=1S/C21H33N3O2/c1-4-14-23(5-2)20(25)18-6-8-19(9-7-18)21(26)24-15-11-17(12-16-24)10-13-22-3/h6-9,17,22H,4-5,10-16H2,1-3H3. The van der Waals surface area contributed by atoms with Gasteiger partial charge in [0, 0.05) is 37.3 Å². The molecule has 0 unspecified atom stereocenters. The van der Waals surface area contributed by atoms with E-state index in [-0.39, 0.29) is 11.8 Å². The van der Waals surface area contributed by atoms with Crippen molar-refractivity contribution >= 4 is 11.8 Å². The summed E-state index contributed by atoms with van der Waals surface area (Å²) < 4.78 is 0. The largest absolute Gasteiger partial charge is 0.339 e. The predicted molar refractivity (Wildman–Crippen MR) is 105 cm³/mol. The van der Waals surface area contributed by atoms with Crippen LogP contribution in [-0.2, 0) is 0 Å². The van der Waals surface area contributed by atoms with Crippen LogP contribution in [-0.4, -0.2) is 61.4 Å². The number of likely N-dealkylation sites (tertiary alicyclic amines) is 1. The molecule has 1 saturated heterocycles. The van der Waals surface area contributed by atoms with Gasteiger partial charge in [0.2, 0.25) is 0 Å². The molecular weight excluding hydrogens is 326 g/mol. The maximum absolute atomic E-state index is 12.7. The summed E-state index contributed by atoms with van der Waals surface area (Å²) in [6, 6.07) is 7.16. The second-order valence-corrected chi connectivity index (χ2v) is 7.09. The third kappa shape index (κ3) is 5.31. The molecule has 2 amide bonds. The Bertz CT molecular complexity index is 577. The van der Waals surface area contributed by atoms with E-state index in [2.05, 4.69) is 12.2 Å². The van der Waals surface area contributed by atoms with Gasteiger partial charge in [-0.15, -0.1) is 0 Å². The lowest BCUT2D eigenvalue weighted by Gasteiger charge is -2.32. The minimum atomic E-state index is 0.0405. The van der Waals surface area contributed by atoms with Gasteiger partial charge in [0.25, 0.3) is 11.8 Å². The summed E-state index contributed by atoms with van der Waals surface area (Å²) in [5.74, 6) is 0.834. The van der Waals surface area contributed by atoms with Gasteiger partial charge in [-0.05, 0) is 76.4 Å². The summed E-state index contributed by atoms with van der Waals surface area (Å²) in [5, 5.41) is 3.20. The molecule has 0 radical (unpaired) electrons. The Hall–Kier alpha value is -1.88. The molecular formula is C21H33N3O2. The van der Waals surface area contributed by atoms with Gasteiger partial charge in [-0.2, -0.15) is 0 Å². The van der Waals surface area contributed by atoms with E-state index in [0.717, 1.165) is 45.4 Å². The van der Waals surface area contributed by atoms with Crippen LogP contribution in [0.3, 0.4) is 0 Å². The highest BCUT2D eigenvalue weighted by molar-refractivity contribution is 5.97. The Balaban J connectivity index is 1.93. The van der Waals surface area contributed by atoms with Gasteiger partial charge in [0.05, 0.1) is 0 Å². The molecule has 5 heteroatoms. The van der Waals surface area contributed by atoms with Crippen molar-refractivity contribution in [3.05, 3.63) is 35.4 Å². The van der Waals surface area contributed by atoms with Crippen LogP contribution < -0.4 is 5.32 Å². The molecule has 2 rings (SSSR count). The fraction of sp³-hybridized carbons (Fsp3) is 0.619. The van der Waals surface area contributed by atoms with E-state index in [9.17, 15) is 9.59 Å². The van der Waals surface area contributed by atoms with Gasteiger partial charge >= 0.3 is 0 Å². The van der Waals surface area contributed by atoms with Crippen LogP contribution in [0.5, 0.6) is 0 Å². The van der Waals surface area contributed by atoms with Crippen molar-refractivity contribution in [3.63, 3.8) is 0 Å². The van der Waals surface area contributed by atoms with Gasteiger partial charge in [-0.3, -0.25) is 9.59 Å². The summed E-state index contributed by atoms with van der Waals surface area (Å²) in [6.07, 6.45) is 4.28. The number of amides is 2. The van der Waals surface area contributed by atoms with Crippen molar-refractivity contribution in [1.29, 1.82) is 0 Å². The van der Waals surface area contributed by atoms with E-state index in [1.165, 1.54) is 6.42 Å². The fourth-order valence-electron chi connectivity index (χ4n) is 3.57. The van der Waals surface area contributed by atoms with E-state index in [1.807, 2.05) is 23.8 Å². The highest BCUT2D eigenvalue weighted by atomic mass is 16.2. The molecule has 5 nitrogen and oxygen atoms in total. The third-order valence-electron chi connectivity index (χ3n) is 5.25. The molecule has 0 spiro atoms. The number of hydrogen-bond donors (Lipinski definition) is 1. The molecule has 1 heterocycles. The molecule has 1 aromatic rings. The topological polar surface area (TPSA) is 52.7 Å². The summed E-state index contributed by atoms with van der Waals surface area (Å²) >= 11 is 0. The van der Waals surface area contributed by atoms with Crippen molar-refractivity contribution in [2.75, 3.05) is 39.8 Å². The number of hydrogen-bond acceptors (Lipinski definition) is 3. The Labute approximate surface area is 157 Å². The monoisotopic (exact) mass is 359 g/mol. The first kappa shape index (κ1) is 20.4. The van der Waals surface area contributed by atoms with Crippen LogP contribution in [0, 0.1) is 5.92 Å². The summed E-state index contributed by atoms with van der Waals surface area (Å²) in [7, 11) is 1.98. The normalized spacial score (nSPS) is 15.1. The minimum absolute atomic E-state index is 0.0405. The molecule has 26 heavy (non-hydrogen) atoms. The summed E-state index contributed by atoms with van der Waals surface area (Å²) in [4.78, 5) is 29.0. The first-order chi connectivity index (χ1) is 12.6. The third-order valence-corrected chi connectivity index (χ3v) is 5.25. The average molecular weight is 360 g/mol. The van der Waals surface area contributed by atoms with E-state index in [4.69, 9.17) is 0 Å². The van der Waals surface area contributed by atoms with Gasteiger partial charge in [-0.1, -0.05) is 6.92 Å². The Kier molecular flexibility index (Phi) is 8.10. The zero-order valence-corrected chi connectivity index (χ0v) is 16.5. The second kappa shape index (κ2) is 10.3. The van der Waals surface area contributed by atoms with Gasteiger partial charge in [0.15, 0.2) is 0 Å². The molecule has 0 bridgehead atoms. The van der Waals surface area contributed by atoms with Crippen LogP contribution in [0.2, 0.25) is 0 Å². The fourth-order valence-corrected chi connectivity index (χ4v) is 3.57. The molecule has 144 valence electrons. The number of nitrogens with zero attached hydrogens (tertiary/aromatic N) is 2. The van der Waals surface area contributed by atoms with Gasteiger partial charge < -0.3 is 15.1 Å². The minimum Gasteiger partial charge on any atom is -0.339 e. The Morgan fingerprint density at radius 3 is 2.27 bits per heavy atom. The predicted octanol–water partition coefficient (Wildman–Crippen LogP) is 3.02. The highest BCUT2D eigenvalue weighted by Gasteiger charge is 2.23. The zero-order valence-electron chi connectivity index (χ0n) is 16.5. The number of nitrogens with one attached hydrogen (secondary N) is 1. The second-order valence-electron chi connectivity index (χ2n) is 7.09. The molecule has 0 atom stereocenters. The quantitative estimate of drug-likeness (QED) is 0.776. The summed E-state index contributed by atoms with van der Waals surface area (Å²) in [6.45, 7) is 8.22. The molecule has 1 aliphatic heterocycles. The first-order valence-electron chi connectivity index (χ1n) is 9.93. The SMILES string of the molecule is CCCN(CC)C(=O)c1ccc(C(=O)N2CCC(CCNC)CC2)cc1. The zero-order chi connectivity index (χ0) is 18.9. The van der Waals surface area contributed by atoms with E-state index in [1.54, 1.807) is 24.3 Å². The molecule has 0 saturated carbocycles. The number of rotatable bonds is 8. The van der Waals surface area contributed by atoms with Crippen molar-refractivity contribution < 1.29 is 9.59 Å². The first-order valence-corrected chi connectivity index (χ1v) is 9.93.